The molecule has 3 aromatic carbocycles. The number of methoxy groups -OCH3 is 1. The number of anilines is 2. The summed E-state index contributed by atoms with van der Waals surface area (Å²) >= 11 is 0. The van der Waals surface area contributed by atoms with Crippen molar-refractivity contribution in [3.63, 3.8) is 0 Å². The second-order valence-corrected chi connectivity index (χ2v) is 9.98. The Bertz CT molecular complexity index is 1180. The molecule has 5 nitrogen and oxygen atoms in total. The molecule has 0 saturated heterocycles. The molecule has 0 N–H and O–H groups in total. The third-order valence-electron chi connectivity index (χ3n) is 6.86. The lowest BCUT2D eigenvalue weighted by Gasteiger charge is -2.20. The van der Waals surface area contributed by atoms with Gasteiger partial charge >= 0.3 is 5.97 Å². The average Bonchev–Trinajstić information content (AvgIpc) is 2.97. The van der Waals surface area contributed by atoms with Gasteiger partial charge in [0.2, 0.25) is 0 Å². The Labute approximate surface area is 227 Å². The normalized spacial score (nSPS) is 13.4. The lowest BCUT2D eigenvalue weighted by Crippen LogP contribution is -2.16. The van der Waals surface area contributed by atoms with Gasteiger partial charge in [0.25, 0.3) is 0 Å². The second kappa shape index (κ2) is 14.8. The van der Waals surface area contributed by atoms with E-state index in [-0.39, 0.29) is 5.97 Å². The molecule has 1 aliphatic carbocycles. The lowest BCUT2D eigenvalue weighted by atomic mass is 9.91. The van der Waals surface area contributed by atoms with Gasteiger partial charge in [0.05, 0.1) is 7.11 Å². The molecule has 0 atom stereocenters. The predicted octanol–water partition coefficient (Wildman–Crippen LogP) is 7.01. The van der Waals surface area contributed by atoms with Crippen LogP contribution in [0.25, 0.3) is 17.2 Å². The first-order valence-corrected chi connectivity index (χ1v) is 13.3. The van der Waals surface area contributed by atoms with Gasteiger partial charge in [-0.1, -0.05) is 67.8 Å². The fourth-order valence-electron chi connectivity index (χ4n) is 4.49. The molecule has 0 aromatic heterocycles. The maximum Gasteiger partial charge on any atom is 0.330 e. The van der Waals surface area contributed by atoms with Crippen molar-refractivity contribution in [2.45, 2.75) is 38.6 Å². The average molecular weight is 513 g/mol. The highest BCUT2D eigenvalue weighted by atomic mass is 16.5. The number of esters is 1. The van der Waals surface area contributed by atoms with Crippen LogP contribution in [-0.4, -0.2) is 40.5 Å². The van der Waals surface area contributed by atoms with Crippen LogP contribution in [0.3, 0.4) is 0 Å². The molecule has 1 fully saturated rings. The van der Waals surface area contributed by atoms with Crippen LogP contribution in [0.2, 0.25) is 0 Å². The summed E-state index contributed by atoms with van der Waals surface area (Å²) in [5.41, 5.74) is 6.90. The molecule has 0 bridgehead atoms. The molecular formula is C33H40N2O3. The van der Waals surface area contributed by atoms with Crippen molar-refractivity contribution in [1.29, 1.82) is 0 Å². The largest absolute Gasteiger partial charge is 0.466 e. The fourth-order valence-corrected chi connectivity index (χ4v) is 4.49. The van der Waals surface area contributed by atoms with Gasteiger partial charge in [-0.15, -0.1) is 0 Å². The number of rotatable bonds is 8. The van der Waals surface area contributed by atoms with Crippen molar-refractivity contribution in [3.05, 3.63) is 90.0 Å². The number of aldehydes is 1. The van der Waals surface area contributed by atoms with E-state index >= 15 is 0 Å². The van der Waals surface area contributed by atoms with Crippen LogP contribution < -0.4 is 9.80 Å². The van der Waals surface area contributed by atoms with E-state index in [0.717, 1.165) is 36.9 Å². The van der Waals surface area contributed by atoms with Gasteiger partial charge in [0, 0.05) is 51.1 Å². The maximum atomic E-state index is 11.3. The third kappa shape index (κ3) is 8.91. The van der Waals surface area contributed by atoms with Gasteiger partial charge in [-0.3, -0.25) is 0 Å². The Morgan fingerprint density at radius 3 is 2.05 bits per heavy atom. The summed E-state index contributed by atoms with van der Waals surface area (Å²) in [7, 11) is 7.54. The number of hydrogen-bond donors (Lipinski definition) is 0. The minimum absolute atomic E-state index is 0.356. The molecule has 38 heavy (non-hydrogen) atoms. The van der Waals surface area contributed by atoms with Crippen molar-refractivity contribution < 1.29 is 14.3 Å². The zero-order valence-corrected chi connectivity index (χ0v) is 23.1. The van der Waals surface area contributed by atoms with E-state index < -0.39 is 0 Å². The highest BCUT2D eigenvalue weighted by molar-refractivity contribution is 5.87. The van der Waals surface area contributed by atoms with Crippen LogP contribution in [0.1, 0.15) is 43.2 Å². The minimum Gasteiger partial charge on any atom is -0.466 e. The highest BCUT2D eigenvalue weighted by Crippen LogP contribution is 2.24. The molecule has 1 aliphatic rings. The molecule has 3 aromatic rings. The monoisotopic (exact) mass is 512 g/mol. The van der Waals surface area contributed by atoms with Crippen LogP contribution >= 0.6 is 0 Å². The summed E-state index contributed by atoms with van der Waals surface area (Å²) in [6.45, 7) is 0.796. The number of ether oxygens (including phenoxy) is 1. The zero-order valence-electron chi connectivity index (χ0n) is 23.1. The van der Waals surface area contributed by atoms with Gasteiger partial charge in [-0.05, 0) is 65.4 Å². The SMILES string of the molecule is COC(=O)/C=C/c1cccc(N(C)Cc2ccc(-c3ccc(N(C)C)cc3)cc2)c1.O=CC1CCCCC1. The Morgan fingerprint density at radius 1 is 0.868 bits per heavy atom. The van der Waals surface area contributed by atoms with Crippen LogP contribution in [0.5, 0.6) is 0 Å². The molecule has 0 aliphatic heterocycles. The van der Waals surface area contributed by atoms with Gasteiger partial charge in [-0.2, -0.15) is 0 Å². The number of carbonyl (C=O) groups excluding carboxylic acids is 2. The number of carbonyl (C=O) groups is 2. The summed E-state index contributed by atoms with van der Waals surface area (Å²) in [6.07, 6.45) is 10.5. The molecule has 200 valence electrons. The molecule has 1 saturated carbocycles. The van der Waals surface area contributed by atoms with E-state index in [0.29, 0.717) is 5.92 Å². The Hall–Kier alpha value is -3.86. The maximum absolute atomic E-state index is 11.3. The standard InChI is InChI=1S/C26H28N2O2.C7H12O/c1-27(2)24-15-13-23(14-16-24)22-11-8-21(9-12-22)19-28(3)25-7-5-6-20(18-25)10-17-26(29)30-4;8-6-7-4-2-1-3-5-7/h5-18H,19H2,1-4H3;6-7H,1-5H2/b17-10+;. The smallest absolute Gasteiger partial charge is 0.330 e. The second-order valence-electron chi connectivity index (χ2n) is 9.98. The summed E-state index contributed by atoms with van der Waals surface area (Å²) in [6, 6.07) is 25.4. The van der Waals surface area contributed by atoms with E-state index in [1.165, 1.54) is 54.8 Å². The van der Waals surface area contributed by atoms with Crippen molar-refractivity contribution in [3.8, 4) is 11.1 Å². The molecule has 0 spiro atoms. The van der Waals surface area contributed by atoms with Gasteiger partial charge in [0.15, 0.2) is 0 Å². The molecule has 0 amide bonds. The zero-order chi connectivity index (χ0) is 27.3. The number of nitrogens with zero attached hydrogens (tertiary/aromatic N) is 2. The molecule has 4 rings (SSSR count). The van der Waals surface area contributed by atoms with Crippen LogP contribution in [0.15, 0.2) is 78.9 Å². The van der Waals surface area contributed by atoms with Gasteiger partial charge in [0.1, 0.15) is 6.29 Å². The van der Waals surface area contributed by atoms with Crippen LogP contribution in [-0.2, 0) is 20.9 Å². The fraction of sp³-hybridized carbons (Fsp3) is 0.333. The van der Waals surface area contributed by atoms with E-state index in [4.69, 9.17) is 0 Å². The summed E-state index contributed by atoms with van der Waals surface area (Å²) in [5.74, 6) is 0.0500. The van der Waals surface area contributed by atoms with E-state index in [9.17, 15) is 9.59 Å². The number of benzene rings is 3. The van der Waals surface area contributed by atoms with Crippen molar-refractivity contribution in [2.75, 3.05) is 38.1 Å². The Morgan fingerprint density at radius 2 is 1.50 bits per heavy atom. The molecule has 5 heteroatoms. The summed E-state index contributed by atoms with van der Waals surface area (Å²) < 4.78 is 4.65. The quantitative estimate of drug-likeness (QED) is 0.185. The number of hydrogen-bond acceptors (Lipinski definition) is 5. The van der Waals surface area contributed by atoms with Crippen LogP contribution in [0.4, 0.5) is 11.4 Å². The summed E-state index contributed by atoms with van der Waals surface area (Å²) in [4.78, 5) is 25.8. The molecule has 0 unspecified atom stereocenters. The molecular weight excluding hydrogens is 472 g/mol. The van der Waals surface area contributed by atoms with E-state index in [2.05, 4.69) is 82.2 Å². The Balaban J connectivity index is 0.000000427. The molecule has 0 radical (unpaired) electrons. The third-order valence-corrected chi connectivity index (χ3v) is 6.86. The van der Waals surface area contributed by atoms with Gasteiger partial charge in [-0.25, -0.2) is 4.79 Å². The summed E-state index contributed by atoms with van der Waals surface area (Å²) in [5, 5.41) is 0. The molecule has 0 heterocycles. The topological polar surface area (TPSA) is 49.9 Å². The predicted molar refractivity (Wildman–Crippen MR) is 158 cm³/mol. The first-order chi connectivity index (χ1) is 18.4. The Kier molecular flexibility index (Phi) is 11.2. The van der Waals surface area contributed by atoms with Crippen LogP contribution in [0, 0.1) is 5.92 Å². The van der Waals surface area contributed by atoms with Gasteiger partial charge < -0.3 is 19.3 Å². The highest BCUT2D eigenvalue weighted by Gasteiger charge is 2.10. The van der Waals surface area contributed by atoms with Crippen molar-refractivity contribution >= 4 is 29.7 Å². The van der Waals surface area contributed by atoms with Crippen molar-refractivity contribution in [1.82, 2.24) is 0 Å². The first-order valence-electron chi connectivity index (χ1n) is 13.3. The first kappa shape index (κ1) is 28.7. The van der Waals surface area contributed by atoms with Crippen molar-refractivity contribution in [2.24, 2.45) is 5.92 Å². The minimum atomic E-state index is -0.356. The van der Waals surface area contributed by atoms with E-state index in [1.807, 2.05) is 26.2 Å². The van der Waals surface area contributed by atoms with E-state index in [1.54, 1.807) is 6.08 Å². The lowest BCUT2D eigenvalue weighted by molar-refractivity contribution is -0.134.